The van der Waals surface area contributed by atoms with Gasteiger partial charge in [0.05, 0.1) is 12.2 Å². The van der Waals surface area contributed by atoms with Crippen LogP contribution >= 0.6 is 0 Å². The molecule has 3 rings (SSSR count). The maximum absolute atomic E-state index is 12.5. The molecule has 150 valence electrons. The zero-order chi connectivity index (χ0) is 20.1. The number of aryl methyl sites for hydroxylation is 1. The molecule has 0 aliphatic heterocycles. The van der Waals surface area contributed by atoms with Crippen LogP contribution in [0, 0.1) is 30.1 Å². The second-order valence-electron chi connectivity index (χ2n) is 8.60. The topological polar surface area (TPSA) is 86.0 Å². The monoisotopic (exact) mass is 378 g/mol. The summed E-state index contributed by atoms with van der Waals surface area (Å²) in [6.07, 6.45) is 1.34. The van der Waals surface area contributed by atoms with Gasteiger partial charge in [0.2, 0.25) is 0 Å². The predicted molar refractivity (Wildman–Crippen MR) is 97.6 cm³/mol. The molecule has 1 heterocycles. The first-order valence-electron chi connectivity index (χ1n) is 9.72. The van der Waals surface area contributed by atoms with E-state index >= 15 is 0 Å². The molecule has 2 aliphatic carbocycles. The van der Waals surface area contributed by atoms with Gasteiger partial charge in [-0.2, -0.15) is 0 Å². The van der Waals surface area contributed by atoms with E-state index in [0.29, 0.717) is 18.6 Å². The molecule has 6 atom stereocenters. The zero-order valence-corrected chi connectivity index (χ0v) is 16.9. The molecule has 1 aromatic heterocycles. The Bertz CT molecular complexity index is 735. The van der Waals surface area contributed by atoms with E-state index in [-0.39, 0.29) is 35.8 Å². The Morgan fingerprint density at radius 3 is 2.56 bits per heavy atom. The van der Waals surface area contributed by atoms with Crippen LogP contribution in [0.4, 0.5) is 0 Å². The van der Waals surface area contributed by atoms with E-state index in [1.165, 1.54) is 6.92 Å². The minimum Gasteiger partial charge on any atom is -0.466 e. The Balaban J connectivity index is 2.10. The highest BCUT2D eigenvalue weighted by Crippen LogP contribution is 2.63. The minimum atomic E-state index is -0.770. The Kier molecular flexibility index (Phi) is 5.14. The van der Waals surface area contributed by atoms with Crippen LogP contribution in [0.2, 0.25) is 0 Å². The van der Waals surface area contributed by atoms with Gasteiger partial charge in [-0.05, 0) is 25.3 Å². The first kappa shape index (κ1) is 19.9. The van der Waals surface area contributed by atoms with Crippen LogP contribution in [-0.2, 0) is 19.1 Å². The molecule has 0 spiro atoms. The molecule has 0 amide bonds. The van der Waals surface area contributed by atoms with Gasteiger partial charge in [-0.1, -0.05) is 27.7 Å². The summed E-state index contributed by atoms with van der Waals surface area (Å²) in [4.78, 5) is 24.1. The van der Waals surface area contributed by atoms with Crippen LogP contribution in [0.1, 0.15) is 76.6 Å². The molecule has 1 N–H and O–H groups in total. The second-order valence-corrected chi connectivity index (χ2v) is 8.60. The predicted octanol–water partition coefficient (Wildman–Crippen LogP) is 3.86. The summed E-state index contributed by atoms with van der Waals surface area (Å²) in [5, 5.41) is 11.0. The first-order valence-corrected chi connectivity index (χ1v) is 9.72. The van der Waals surface area contributed by atoms with E-state index in [4.69, 9.17) is 13.9 Å². The molecule has 2 aliphatic rings. The highest BCUT2D eigenvalue weighted by molar-refractivity contribution is 5.72. The Hall–Kier alpha value is -1.82. The van der Waals surface area contributed by atoms with Crippen molar-refractivity contribution in [3.8, 4) is 0 Å². The van der Waals surface area contributed by atoms with E-state index in [1.807, 2.05) is 20.8 Å². The molecule has 1 saturated carbocycles. The number of carbonyl (C=O) groups is 2. The van der Waals surface area contributed by atoms with Crippen molar-refractivity contribution in [2.45, 2.75) is 72.7 Å². The number of hydrogen-bond acceptors (Lipinski definition) is 6. The van der Waals surface area contributed by atoms with Crippen molar-refractivity contribution in [1.29, 1.82) is 0 Å². The maximum Gasteiger partial charge on any atom is 0.309 e. The van der Waals surface area contributed by atoms with Crippen molar-refractivity contribution in [3.05, 3.63) is 23.2 Å². The lowest BCUT2D eigenvalue weighted by molar-refractivity contribution is -0.202. The third-order valence-corrected chi connectivity index (χ3v) is 6.65. The number of aliphatic hydroxyl groups is 1. The van der Waals surface area contributed by atoms with Gasteiger partial charge < -0.3 is 19.0 Å². The van der Waals surface area contributed by atoms with Crippen LogP contribution in [0.5, 0.6) is 0 Å². The molecule has 6 nitrogen and oxygen atoms in total. The average molecular weight is 378 g/mol. The van der Waals surface area contributed by atoms with Crippen molar-refractivity contribution < 1.29 is 28.6 Å². The van der Waals surface area contributed by atoms with Crippen LogP contribution < -0.4 is 0 Å². The highest BCUT2D eigenvalue weighted by Gasteiger charge is 2.60. The molecule has 0 aromatic carbocycles. The highest BCUT2D eigenvalue weighted by atomic mass is 16.6. The van der Waals surface area contributed by atoms with Crippen LogP contribution in [0.25, 0.3) is 0 Å². The zero-order valence-electron chi connectivity index (χ0n) is 16.9. The third kappa shape index (κ3) is 3.08. The quantitative estimate of drug-likeness (QED) is 0.804. The van der Waals surface area contributed by atoms with E-state index < -0.39 is 17.6 Å². The van der Waals surface area contributed by atoms with Gasteiger partial charge in [0.1, 0.15) is 24.1 Å². The summed E-state index contributed by atoms with van der Waals surface area (Å²) in [5.74, 6) is -0.622. The molecule has 6 heteroatoms. The van der Waals surface area contributed by atoms with E-state index in [1.54, 1.807) is 20.1 Å². The fourth-order valence-corrected chi connectivity index (χ4v) is 4.92. The number of fused-ring (bicyclic) bond motifs is 2. The molecular weight excluding hydrogens is 348 g/mol. The van der Waals surface area contributed by atoms with Crippen molar-refractivity contribution >= 4 is 11.9 Å². The number of rotatable bonds is 3. The Labute approximate surface area is 160 Å². The number of hydrogen-bond donors (Lipinski definition) is 1. The number of esters is 2. The Morgan fingerprint density at radius 2 is 1.96 bits per heavy atom. The van der Waals surface area contributed by atoms with Gasteiger partial charge >= 0.3 is 11.9 Å². The number of ether oxygens (including phenoxy) is 2. The summed E-state index contributed by atoms with van der Waals surface area (Å²) in [6, 6.07) is 0. The van der Waals surface area contributed by atoms with E-state index in [2.05, 4.69) is 0 Å². The minimum absolute atomic E-state index is 0.0952. The standard InChI is InChI=1S/C21H30O6/c1-10(2)20(24)27-19-16-11(3)9-25-18(16)17(23)14-7-8-15(26-13(5)22)12(4)21(14,19)6/h9-10,12,14-15,17,19,23H,7-8H2,1-6H3/t12-,14-,15-,17+,19+,21+/m0/s1. The smallest absolute Gasteiger partial charge is 0.309 e. The lowest BCUT2D eigenvalue weighted by atomic mass is 9.52. The fraction of sp³-hybridized carbons (Fsp3) is 0.714. The first-order chi connectivity index (χ1) is 12.6. The summed E-state index contributed by atoms with van der Waals surface area (Å²) in [6.45, 7) is 11.0. The van der Waals surface area contributed by atoms with Crippen molar-refractivity contribution in [2.75, 3.05) is 0 Å². The molecule has 1 fully saturated rings. The number of carbonyl (C=O) groups excluding carboxylic acids is 2. The van der Waals surface area contributed by atoms with Crippen molar-refractivity contribution in [1.82, 2.24) is 0 Å². The summed E-state index contributed by atoms with van der Waals surface area (Å²) in [5.41, 5.74) is 1.03. The molecule has 0 unspecified atom stereocenters. The van der Waals surface area contributed by atoms with Crippen molar-refractivity contribution in [2.24, 2.45) is 23.2 Å². The molecule has 0 saturated heterocycles. The van der Waals surface area contributed by atoms with Crippen LogP contribution in [0.15, 0.2) is 10.7 Å². The van der Waals surface area contributed by atoms with Crippen LogP contribution in [0.3, 0.4) is 0 Å². The maximum atomic E-state index is 12.5. The Morgan fingerprint density at radius 1 is 1.30 bits per heavy atom. The van der Waals surface area contributed by atoms with E-state index in [0.717, 1.165) is 11.1 Å². The van der Waals surface area contributed by atoms with Gasteiger partial charge in [-0.3, -0.25) is 9.59 Å². The van der Waals surface area contributed by atoms with Gasteiger partial charge in [-0.25, -0.2) is 0 Å². The summed E-state index contributed by atoms with van der Waals surface area (Å²) < 4.78 is 17.2. The van der Waals surface area contributed by atoms with E-state index in [9.17, 15) is 14.7 Å². The van der Waals surface area contributed by atoms with Gasteiger partial charge in [0, 0.05) is 29.7 Å². The summed E-state index contributed by atoms with van der Waals surface area (Å²) in [7, 11) is 0. The van der Waals surface area contributed by atoms with Crippen molar-refractivity contribution in [3.63, 3.8) is 0 Å². The van der Waals surface area contributed by atoms with Gasteiger partial charge in [0.15, 0.2) is 0 Å². The largest absolute Gasteiger partial charge is 0.466 e. The SMILES string of the molecule is CC(=O)O[C@H]1CC[C@H]2[C@@H](O)c3occ(C)c3[C@@H](OC(=O)C(C)C)[C@]2(C)[C@H]1C. The fourth-order valence-electron chi connectivity index (χ4n) is 4.92. The molecule has 1 aromatic rings. The third-order valence-electron chi connectivity index (χ3n) is 6.65. The summed E-state index contributed by atoms with van der Waals surface area (Å²) >= 11 is 0. The lowest BCUT2D eigenvalue weighted by Gasteiger charge is -2.55. The van der Waals surface area contributed by atoms with Crippen LogP contribution in [-0.4, -0.2) is 23.1 Å². The van der Waals surface area contributed by atoms with Gasteiger partial charge in [0.25, 0.3) is 0 Å². The average Bonchev–Trinajstić information content (AvgIpc) is 2.96. The number of furan rings is 1. The number of aliphatic hydroxyl groups excluding tert-OH is 1. The lowest BCUT2D eigenvalue weighted by Crippen LogP contribution is -2.54. The molecular formula is C21H30O6. The molecule has 0 bridgehead atoms. The van der Waals surface area contributed by atoms with Gasteiger partial charge in [-0.15, -0.1) is 0 Å². The molecule has 27 heavy (non-hydrogen) atoms. The second kappa shape index (κ2) is 6.97. The normalized spacial score (nSPS) is 35.3. The molecule has 0 radical (unpaired) electrons.